The maximum Gasteiger partial charge on any atom is 0.307 e. The zero-order valence-electron chi connectivity index (χ0n) is 11.8. The summed E-state index contributed by atoms with van der Waals surface area (Å²) in [5.41, 5.74) is 0.805. The van der Waals surface area contributed by atoms with E-state index in [4.69, 9.17) is 0 Å². The van der Waals surface area contributed by atoms with Crippen molar-refractivity contribution in [2.75, 3.05) is 7.05 Å². The van der Waals surface area contributed by atoms with Crippen molar-refractivity contribution in [3.63, 3.8) is 0 Å². The number of carboxylic acids is 1. The van der Waals surface area contributed by atoms with Gasteiger partial charge in [-0.2, -0.15) is 0 Å². The predicted molar refractivity (Wildman–Crippen MR) is 76.1 cm³/mol. The van der Waals surface area contributed by atoms with E-state index in [-0.39, 0.29) is 17.7 Å². The van der Waals surface area contributed by atoms with Gasteiger partial charge in [0, 0.05) is 13.2 Å². The van der Waals surface area contributed by atoms with Crippen LogP contribution in [0.2, 0.25) is 0 Å². The maximum atomic E-state index is 12.7. The van der Waals surface area contributed by atoms with E-state index in [0.717, 1.165) is 12.1 Å². The third-order valence-electron chi connectivity index (χ3n) is 4.53. The van der Waals surface area contributed by atoms with Crippen LogP contribution in [0.5, 0.6) is 0 Å². The van der Waals surface area contributed by atoms with E-state index >= 15 is 0 Å². The summed E-state index contributed by atoms with van der Waals surface area (Å²) in [6.45, 7) is 0.406. The van der Waals surface area contributed by atoms with Crippen LogP contribution in [-0.2, 0) is 16.1 Å². The Morgan fingerprint density at radius 3 is 2.62 bits per heavy atom. The zero-order chi connectivity index (χ0) is 15.0. The molecule has 5 heteroatoms. The average Bonchev–Trinajstić information content (AvgIpc) is 3.08. The van der Waals surface area contributed by atoms with E-state index in [9.17, 15) is 14.7 Å². The first kappa shape index (κ1) is 13.8. The summed E-state index contributed by atoms with van der Waals surface area (Å²) < 4.78 is 0. The molecule has 3 rings (SSSR count). The third kappa shape index (κ3) is 2.44. The number of allylic oxidation sites excluding steroid dienone is 2. The Labute approximate surface area is 123 Å². The molecule has 1 amide bonds. The van der Waals surface area contributed by atoms with Crippen molar-refractivity contribution >= 4 is 11.9 Å². The lowest BCUT2D eigenvalue weighted by molar-refractivity contribution is -0.150. The molecular weight excluding hydrogens is 268 g/mol. The van der Waals surface area contributed by atoms with Crippen molar-refractivity contribution in [3.05, 3.63) is 42.2 Å². The van der Waals surface area contributed by atoms with Gasteiger partial charge in [-0.25, -0.2) is 0 Å². The van der Waals surface area contributed by atoms with Crippen LogP contribution in [-0.4, -0.2) is 33.9 Å². The van der Waals surface area contributed by atoms with Gasteiger partial charge in [-0.15, -0.1) is 0 Å². The number of hydrogen-bond acceptors (Lipinski definition) is 3. The fourth-order valence-electron chi connectivity index (χ4n) is 3.56. The lowest BCUT2D eigenvalue weighted by Gasteiger charge is -2.28. The second kappa shape index (κ2) is 5.31. The first-order chi connectivity index (χ1) is 10.1. The molecule has 1 N–H and O–H groups in total. The molecule has 4 atom stereocenters. The SMILES string of the molecule is CN(Cc1ccccn1)C(=O)[C@H]1C2C=CC(C2)[C@H]1C(=O)O. The van der Waals surface area contributed by atoms with Crippen molar-refractivity contribution in [2.45, 2.75) is 13.0 Å². The van der Waals surface area contributed by atoms with Gasteiger partial charge in [0.15, 0.2) is 0 Å². The van der Waals surface area contributed by atoms with Crippen LogP contribution >= 0.6 is 0 Å². The van der Waals surface area contributed by atoms with Crippen LogP contribution in [0.25, 0.3) is 0 Å². The van der Waals surface area contributed by atoms with Crippen molar-refractivity contribution in [1.29, 1.82) is 0 Å². The van der Waals surface area contributed by atoms with E-state index in [1.807, 2.05) is 30.4 Å². The number of hydrogen-bond donors (Lipinski definition) is 1. The number of rotatable bonds is 4. The van der Waals surface area contributed by atoms with Gasteiger partial charge >= 0.3 is 5.97 Å². The molecule has 0 saturated heterocycles. The maximum absolute atomic E-state index is 12.7. The van der Waals surface area contributed by atoms with Crippen molar-refractivity contribution in [1.82, 2.24) is 9.88 Å². The Kier molecular flexibility index (Phi) is 3.49. The summed E-state index contributed by atoms with van der Waals surface area (Å²) in [5.74, 6) is -1.91. The van der Waals surface area contributed by atoms with Crippen LogP contribution in [0.4, 0.5) is 0 Å². The van der Waals surface area contributed by atoms with Gasteiger partial charge in [-0.05, 0) is 30.4 Å². The minimum atomic E-state index is -0.864. The first-order valence-corrected chi connectivity index (χ1v) is 7.14. The van der Waals surface area contributed by atoms with E-state index < -0.39 is 17.8 Å². The molecule has 1 fully saturated rings. The van der Waals surface area contributed by atoms with Gasteiger partial charge in [-0.3, -0.25) is 14.6 Å². The van der Waals surface area contributed by atoms with Crippen LogP contribution in [0.15, 0.2) is 36.5 Å². The highest BCUT2D eigenvalue weighted by molar-refractivity contribution is 5.86. The van der Waals surface area contributed by atoms with Crippen molar-refractivity contribution < 1.29 is 14.7 Å². The topological polar surface area (TPSA) is 70.5 Å². The molecule has 1 heterocycles. The number of carbonyl (C=O) groups excluding carboxylic acids is 1. The fraction of sp³-hybridized carbons (Fsp3) is 0.438. The molecule has 2 aliphatic carbocycles. The highest BCUT2D eigenvalue weighted by Crippen LogP contribution is 2.48. The summed E-state index contributed by atoms with van der Waals surface area (Å²) in [5, 5.41) is 9.41. The van der Waals surface area contributed by atoms with Crippen molar-refractivity contribution in [3.8, 4) is 0 Å². The quantitative estimate of drug-likeness (QED) is 0.853. The molecule has 21 heavy (non-hydrogen) atoms. The third-order valence-corrected chi connectivity index (χ3v) is 4.53. The molecule has 2 bridgehead atoms. The van der Waals surface area contributed by atoms with Crippen LogP contribution in [0, 0.1) is 23.7 Å². The molecule has 1 saturated carbocycles. The molecule has 1 aromatic rings. The summed E-state index contributed by atoms with van der Waals surface area (Å²) in [6, 6.07) is 5.56. The molecule has 0 spiro atoms. The van der Waals surface area contributed by atoms with Gasteiger partial charge in [0.1, 0.15) is 0 Å². The monoisotopic (exact) mass is 286 g/mol. The smallest absolute Gasteiger partial charge is 0.307 e. The summed E-state index contributed by atoms with van der Waals surface area (Å²) in [4.78, 5) is 29.9. The molecule has 0 aliphatic heterocycles. The second-order valence-electron chi connectivity index (χ2n) is 5.85. The van der Waals surface area contributed by atoms with E-state index in [0.29, 0.717) is 6.54 Å². The molecular formula is C16H18N2O3. The number of carbonyl (C=O) groups is 2. The Morgan fingerprint density at radius 1 is 1.29 bits per heavy atom. The molecule has 5 nitrogen and oxygen atoms in total. The number of aliphatic carboxylic acids is 1. The molecule has 2 aliphatic rings. The number of pyridine rings is 1. The van der Waals surface area contributed by atoms with Gasteiger partial charge in [0.05, 0.1) is 24.1 Å². The largest absolute Gasteiger partial charge is 0.481 e. The highest BCUT2D eigenvalue weighted by Gasteiger charge is 2.52. The van der Waals surface area contributed by atoms with Crippen LogP contribution < -0.4 is 0 Å². The second-order valence-corrected chi connectivity index (χ2v) is 5.85. The molecule has 1 aromatic heterocycles. The van der Waals surface area contributed by atoms with Crippen molar-refractivity contribution in [2.24, 2.45) is 23.7 Å². The number of amides is 1. The highest BCUT2D eigenvalue weighted by atomic mass is 16.4. The van der Waals surface area contributed by atoms with Gasteiger partial charge in [0.2, 0.25) is 5.91 Å². The summed E-state index contributed by atoms with van der Waals surface area (Å²) in [7, 11) is 1.71. The Hall–Kier alpha value is -2.17. The number of nitrogens with zero attached hydrogens (tertiary/aromatic N) is 2. The number of aromatic nitrogens is 1. The lowest BCUT2D eigenvalue weighted by atomic mass is 9.82. The van der Waals surface area contributed by atoms with Crippen LogP contribution in [0.3, 0.4) is 0 Å². The minimum Gasteiger partial charge on any atom is -0.481 e. The zero-order valence-corrected chi connectivity index (χ0v) is 11.8. The van der Waals surface area contributed by atoms with Gasteiger partial charge in [0.25, 0.3) is 0 Å². The summed E-state index contributed by atoms with van der Waals surface area (Å²) in [6.07, 6.45) is 6.42. The molecule has 110 valence electrons. The van der Waals surface area contributed by atoms with Crippen LogP contribution in [0.1, 0.15) is 12.1 Å². The van der Waals surface area contributed by atoms with E-state index in [1.54, 1.807) is 18.1 Å². The lowest BCUT2D eigenvalue weighted by Crippen LogP contribution is -2.41. The fourth-order valence-corrected chi connectivity index (χ4v) is 3.56. The normalized spacial score (nSPS) is 29.6. The summed E-state index contributed by atoms with van der Waals surface area (Å²) >= 11 is 0. The standard InChI is InChI=1S/C16H18N2O3/c1-18(9-12-4-2-3-7-17-12)15(19)13-10-5-6-11(8-10)14(13)16(20)21/h2-7,10-11,13-14H,8-9H2,1H3,(H,20,21)/t10?,11?,13-,14+/m0/s1. The Bertz CT molecular complexity index is 584. The molecule has 0 aromatic carbocycles. The molecule has 2 unspecified atom stereocenters. The Balaban J connectivity index is 1.75. The Morgan fingerprint density at radius 2 is 2.00 bits per heavy atom. The minimum absolute atomic E-state index is 0.00435. The average molecular weight is 286 g/mol. The van der Waals surface area contributed by atoms with E-state index in [2.05, 4.69) is 4.98 Å². The van der Waals surface area contributed by atoms with Gasteiger partial charge < -0.3 is 10.0 Å². The first-order valence-electron chi connectivity index (χ1n) is 7.14. The molecule has 0 radical (unpaired) electrons. The number of carboxylic acid groups (broad SMARTS) is 1. The van der Waals surface area contributed by atoms with Gasteiger partial charge in [-0.1, -0.05) is 18.2 Å². The van der Waals surface area contributed by atoms with E-state index in [1.165, 1.54) is 0 Å². The number of fused-ring (bicyclic) bond motifs is 2. The predicted octanol–water partition coefficient (Wildman–Crippen LogP) is 1.56.